The normalized spacial score (nSPS) is 16.2. The molecule has 1 aliphatic rings. The maximum Gasteiger partial charge on any atom is 0.187 e. The van der Waals surface area contributed by atoms with Crippen molar-refractivity contribution in [3.05, 3.63) is 29.3 Å². The molecule has 0 aliphatic heterocycles. The number of halogens is 2. The average molecular weight is 284 g/mol. The number of nitrogens with zero attached hydrogens (tertiary/aromatic N) is 1. The van der Waals surface area contributed by atoms with Crippen molar-refractivity contribution in [1.82, 2.24) is 10.2 Å². The van der Waals surface area contributed by atoms with Gasteiger partial charge in [-0.3, -0.25) is 0 Å². The molecule has 1 fully saturated rings. The van der Waals surface area contributed by atoms with Gasteiger partial charge in [-0.25, -0.2) is 8.78 Å². The van der Waals surface area contributed by atoms with Crippen molar-refractivity contribution in [2.75, 3.05) is 20.1 Å². The molecule has 20 heavy (non-hydrogen) atoms. The molecular weight excluding hydrogens is 262 g/mol. The maximum atomic E-state index is 13.2. The monoisotopic (exact) mass is 284 g/mol. The summed E-state index contributed by atoms with van der Waals surface area (Å²) in [5, 5.41) is 12.2. The minimum absolute atomic E-state index is 0.395. The van der Waals surface area contributed by atoms with Gasteiger partial charge in [0.15, 0.2) is 17.4 Å². The number of benzene rings is 1. The average Bonchev–Trinajstić information content (AvgIpc) is 2.94. The van der Waals surface area contributed by atoms with Crippen LogP contribution in [0.25, 0.3) is 0 Å². The second-order valence-corrected chi connectivity index (χ2v) is 5.50. The second kappa shape index (κ2) is 6.99. The van der Waals surface area contributed by atoms with Crippen LogP contribution >= 0.6 is 0 Å². The first kappa shape index (κ1) is 15.2. The van der Waals surface area contributed by atoms with Crippen LogP contribution in [-0.4, -0.2) is 36.2 Å². The highest BCUT2D eigenvalue weighted by Crippen LogP contribution is 2.22. The molecule has 0 saturated heterocycles. The van der Waals surface area contributed by atoms with Gasteiger partial charge in [0, 0.05) is 25.7 Å². The highest BCUT2D eigenvalue weighted by molar-refractivity contribution is 5.29. The molecule has 0 unspecified atom stereocenters. The largest absolute Gasteiger partial charge is 0.503 e. The molecule has 1 aliphatic carbocycles. The van der Waals surface area contributed by atoms with Gasteiger partial charge in [-0.05, 0) is 37.6 Å². The molecule has 0 radical (unpaired) electrons. The topological polar surface area (TPSA) is 35.5 Å². The van der Waals surface area contributed by atoms with E-state index in [4.69, 9.17) is 5.11 Å². The maximum absolute atomic E-state index is 13.2. The van der Waals surface area contributed by atoms with E-state index in [1.807, 2.05) is 0 Å². The van der Waals surface area contributed by atoms with Gasteiger partial charge in [0.2, 0.25) is 0 Å². The molecule has 0 bridgehead atoms. The van der Waals surface area contributed by atoms with E-state index < -0.39 is 17.4 Å². The molecule has 2 rings (SSSR count). The summed E-state index contributed by atoms with van der Waals surface area (Å²) in [7, 11) is 2.12. The van der Waals surface area contributed by atoms with Crippen molar-refractivity contribution < 1.29 is 13.9 Å². The molecule has 1 aromatic rings. The van der Waals surface area contributed by atoms with E-state index in [9.17, 15) is 8.78 Å². The molecule has 1 saturated carbocycles. The molecule has 2 N–H and O–H groups in total. The predicted octanol–water partition coefficient (Wildman–Crippen LogP) is 2.63. The zero-order valence-corrected chi connectivity index (χ0v) is 11.8. The van der Waals surface area contributed by atoms with Crippen molar-refractivity contribution in [1.29, 1.82) is 0 Å². The number of phenolic OH excluding ortho intramolecular Hbond substituents is 1. The third-order valence-corrected chi connectivity index (χ3v) is 4.00. The second-order valence-electron chi connectivity index (χ2n) is 5.50. The number of hydrogen-bond acceptors (Lipinski definition) is 3. The summed E-state index contributed by atoms with van der Waals surface area (Å²) in [6.45, 7) is 2.09. The smallest absolute Gasteiger partial charge is 0.187 e. The molecule has 0 aromatic heterocycles. The van der Waals surface area contributed by atoms with E-state index >= 15 is 0 Å². The molecule has 112 valence electrons. The van der Waals surface area contributed by atoms with Crippen molar-refractivity contribution in [2.45, 2.75) is 38.3 Å². The first-order chi connectivity index (χ1) is 9.58. The number of likely N-dealkylation sites (N-methyl/N-ethyl adjacent to an activating group) is 1. The van der Waals surface area contributed by atoms with Crippen LogP contribution in [0.1, 0.15) is 31.2 Å². The lowest BCUT2D eigenvalue weighted by atomic mass is 10.2. The summed E-state index contributed by atoms with van der Waals surface area (Å²) in [6.07, 6.45) is 5.17. The third-order valence-electron chi connectivity index (χ3n) is 4.00. The zero-order valence-electron chi connectivity index (χ0n) is 11.8. The highest BCUT2D eigenvalue weighted by Gasteiger charge is 2.18. The lowest BCUT2D eigenvalue weighted by molar-refractivity contribution is 0.245. The Morgan fingerprint density at radius 3 is 2.45 bits per heavy atom. The standard InChI is InChI=1S/C15H22F2N2O/c1-19(12-4-2-3-5-12)7-6-18-10-11-8-13(16)15(20)14(17)9-11/h8-9,12,18,20H,2-7,10H2,1H3. The number of aromatic hydroxyl groups is 1. The molecule has 1 aromatic carbocycles. The Morgan fingerprint density at radius 1 is 1.25 bits per heavy atom. The van der Waals surface area contributed by atoms with Crippen LogP contribution < -0.4 is 5.32 Å². The Hall–Kier alpha value is -1.20. The summed E-state index contributed by atoms with van der Waals surface area (Å²) in [5.74, 6) is -2.73. The fraction of sp³-hybridized carbons (Fsp3) is 0.600. The number of phenols is 1. The van der Waals surface area contributed by atoms with E-state index in [-0.39, 0.29) is 0 Å². The molecule has 0 heterocycles. The van der Waals surface area contributed by atoms with E-state index in [0.717, 1.165) is 25.2 Å². The SMILES string of the molecule is CN(CCNCc1cc(F)c(O)c(F)c1)C1CCCC1. The van der Waals surface area contributed by atoms with Crippen LogP contribution in [0.4, 0.5) is 8.78 Å². The van der Waals surface area contributed by atoms with Crippen LogP contribution in [0, 0.1) is 11.6 Å². The molecule has 0 atom stereocenters. The number of nitrogens with one attached hydrogen (secondary N) is 1. The molecule has 5 heteroatoms. The van der Waals surface area contributed by atoms with Crippen LogP contribution in [0.3, 0.4) is 0 Å². The Kier molecular flexibility index (Phi) is 5.31. The Labute approximate surface area is 118 Å². The van der Waals surface area contributed by atoms with Gasteiger partial charge in [0.05, 0.1) is 0 Å². The summed E-state index contributed by atoms with van der Waals surface area (Å²) < 4.78 is 26.3. The fourth-order valence-electron chi connectivity index (χ4n) is 2.74. The van der Waals surface area contributed by atoms with Crippen molar-refractivity contribution >= 4 is 0 Å². The molecule has 3 nitrogen and oxygen atoms in total. The van der Waals surface area contributed by atoms with Crippen molar-refractivity contribution in [3.63, 3.8) is 0 Å². The van der Waals surface area contributed by atoms with Gasteiger partial charge in [-0.15, -0.1) is 0 Å². The summed E-state index contributed by atoms with van der Waals surface area (Å²) >= 11 is 0. The van der Waals surface area contributed by atoms with Gasteiger partial charge in [0.1, 0.15) is 0 Å². The molecule has 0 amide bonds. The predicted molar refractivity (Wildman–Crippen MR) is 74.6 cm³/mol. The van der Waals surface area contributed by atoms with Crippen LogP contribution in [-0.2, 0) is 6.54 Å². The van der Waals surface area contributed by atoms with Gasteiger partial charge in [0.25, 0.3) is 0 Å². The van der Waals surface area contributed by atoms with Crippen molar-refractivity contribution in [3.8, 4) is 5.75 Å². The quantitative estimate of drug-likeness (QED) is 0.788. The molecular formula is C15H22F2N2O. The van der Waals surface area contributed by atoms with Gasteiger partial charge >= 0.3 is 0 Å². The van der Waals surface area contributed by atoms with Gasteiger partial charge in [-0.1, -0.05) is 12.8 Å². The minimum Gasteiger partial charge on any atom is -0.503 e. The number of hydrogen-bond donors (Lipinski definition) is 2. The van der Waals surface area contributed by atoms with Crippen LogP contribution in [0.15, 0.2) is 12.1 Å². The minimum atomic E-state index is -0.912. The summed E-state index contributed by atoms with van der Waals surface area (Å²) in [4.78, 5) is 2.35. The Balaban J connectivity index is 1.73. The number of rotatable bonds is 6. The summed E-state index contributed by atoms with van der Waals surface area (Å²) in [6, 6.07) is 3.00. The van der Waals surface area contributed by atoms with Crippen molar-refractivity contribution in [2.24, 2.45) is 0 Å². The fourth-order valence-corrected chi connectivity index (χ4v) is 2.74. The summed E-state index contributed by atoms with van der Waals surface area (Å²) in [5.41, 5.74) is 0.501. The van der Waals surface area contributed by atoms with Gasteiger partial charge < -0.3 is 15.3 Å². The lowest BCUT2D eigenvalue weighted by Gasteiger charge is -2.24. The Morgan fingerprint density at radius 2 is 1.85 bits per heavy atom. The first-order valence-electron chi connectivity index (χ1n) is 7.16. The lowest BCUT2D eigenvalue weighted by Crippen LogP contribution is -2.35. The van der Waals surface area contributed by atoms with E-state index in [2.05, 4.69) is 17.3 Å². The first-order valence-corrected chi connectivity index (χ1v) is 7.16. The van der Waals surface area contributed by atoms with Crippen LogP contribution in [0.2, 0.25) is 0 Å². The van der Waals surface area contributed by atoms with E-state index in [1.165, 1.54) is 25.7 Å². The van der Waals surface area contributed by atoms with Crippen LogP contribution in [0.5, 0.6) is 5.75 Å². The van der Waals surface area contributed by atoms with E-state index in [0.29, 0.717) is 18.2 Å². The highest BCUT2D eigenvalue weighted by atomic mass is 19.1. The zero-order chi connectivity index (χ0) is 14.5. The Bertz CT molecular complexity index is 424. The van der Waals surface area contributed by atoms with E-state index in [1.54, 1.807) is 0 Å². The van der Waals surface area contributed by atoms with Gasteiger partial charge in [-0.2, -0.15) is 0 Å². The third kappa shape index (κ3) is 3.90. The molecule has 0 spiro atoms.